The van der Waals surface area contributed by atoms with Crippen LogP contribution in [0.3, 0.4) is 0 Å². The van der Waals surface area contributed by atoms with Gasteiger partial charge in [-0.1, -0.05) is 61.8 Å². The molecule has 18 nitrogen and oxygen atoms in total. The standard InChI is InChI=1S/C13H19NO3.2C10H14N2O3.C10H13NO3/c1-10(2)11(15)6-4-3-5-9-14-12(16)7-8-13(14)17;2*1-6(2)10(15)7(5-11)12-8(13)3-4-9(12)14;1-7(2)8(12)5-6-11-9(13)3-4-10(11)14/h7-8,10H,3-6,9H2,1-2H3;2*3-4,6-7H,5,11H2,1-2H3;3-4,7H,5-6H2,1-2H3/t;7-;;/m.0../s1. The van der Waals surface area contributed by atoms with E-state index in [0.717, 1.165) is 58.3 Å². The lowest BCUT2D eigenvalue weighted by atomic mass is 10.0. The third-order valence-electron chi connectivity index (χ3n) is 9.53. The zero-order valence-corrected chi connectivity index (χ0v) is 36.3. The Kier molecular flexibility index (Phi) is 22.4. The lowest BCUT2D eigenvalue weighted by Crippen LogP contribution is -2.50. The molecule has 0 radical (unpaired) electrons. The van der Waals surface area contributed by atoms with Gasteiger partial charge in [-0.25, -0.2) is 0 Å². The minimum atomic E-state index is -0.833. The maximum atomic E-state index is 11.7. The van der Waals surface area contributed by atoms with Crippen molar-refractivity contribution in [2.45, 2.75) is 99.6 Å². The fourth-order valence-electron chi connectivity index (χ4n) is 5.75. The quantitative estimate of drug-likeness (QED) is 0.136. The monoisotopic (exact) mass is 852 g/mol. The highest BCUT2D eigenvalue weighted by Gasteiger charge is 2.36. The highest BCUT2D eigenvalue weighted by molar-refractivity contribution is 6.16. The van der Waals surface area contributed by atoms with Crippen molar-refractivity contribution >= 4 is 70.4 Å². The minimum absolute atomic E-state index is 0.0316. The summed E-state index contributed by atoms with van der Waals surface area (Å²) in [5.41, 5.74) is 10.8. The first-order chi connectivity index (χ1) is 28.5. The van der Waals surface area contributed by atoms with E-state index in [-0.39, 0.29) is 96.5 Å². The van der Waals surface area contributed by atoms with E-state index >= 15 is 0 Å². The number of amides is 8. The van der Waals surface area contributed by atoms with Gasteiger partial charge >= 0.3 is 0 Å². The van der Waals surface area contributed by atoms with Crippen molar-refractivity contribution in [1.82, 2.24) is 19.6 Å². The molecule has 1 unspecified atom stereocenters. The average Bonchev–Trinajstić information content (AvgIpc) is 3.93. The summed E-state index contributed by atoms with van der Waals surface area (Å²) < 4.78 is 0. The molecule has 0 aromatic rings. The van der Waals surface area contributed by atoms with Crippen LogP contribution in [0, 0.1) is 23.7 Å². The Labute approximate surface area is 356 Å². The molecule has 8 amide bonds. The smallest absolute Gasteiger partial charge is 0.254 e. The molecule has 0 aliphatic carbocycles. The topological polar surface area (TPSA) is 270 Å². The van der Waals surface area contributed by atoms with E-state index in [1.807, 2.05) is 13.8 Å². The summed E-state index contributed by atoms with van der Waals surface area (Å²) in [6, 6.07) is -1.67. The molecule has 0 spiro atoms. The van der Waals surface area contributed by atoms with Crippen LogP contribution >= 0.6 is 0 Å². The van der Waals surface area contributed by atoms with E-state index in [2.05, 4.69) is 0 Å². The molecule has 18 heteroatoms. The number of ketones is 4. The van der Waals surface area contributed by atoms with Gasteiger partial charge < -0.3 is 11.5 Å². The lowest BCUT2D eigenvalue weighted by molar-refractivity contribution is -0.145. The number of Topliss-reactive ketones (excluding diaryl/α,β-unsaturated/α-hetero) is 4. The van der Waals surface area contributed by atoms with Crippen LogP contribution in [0.5, 0.6) is 0 Å². The molecule has 4 N–H and O–H groups in total. The summed E-state index contributed by atoms with van der Waals surface area (Å²) in [7, 11) is 0. The molecule has 4 aliphatic rings. The van der Waals surface area contributed by atoms with Crippen molar-refractivity contribution < 1.29 is 57.5 Å². The molecule has 2 atom stereocenters. The third kappa shape index (κ3) is 16.2. The summed E-state index contributed by atoms with van der Waals surface area (Å²) in [5, 5.41) is 0. The number of hydrogen-bond donors (Lipinski definition) is 2. The van der Waals surface area contributed by atoms with Crippen molar-refractivity contribution in [2.24, 2.45) is 35.1 Å². The summed E-state index contributed by atoms with van der Waals surface area (Å²) in [4.78, 5) is 140. The second-order valence-corrected chi connectivity index (χ2v) is 15.5. The zero-order valence-electron chi connectivity index (χ0n) is 36.3. The third-order valence-corrected chi connectivity index (χ3v) is 9.53. The number of rotatable bonds is 19. The van der Waals surface area contributed by atoms with Crippen molar-refractivity contribution in [1.29, 1.82) is 0 Å². The average molecular weight is 853 g/mol. The van der Waals surface area contributed by atoms with Gasteiger partial charge in [0.1, 0.15) is 23.7 Å². The molecule has 0 aromatic heterocycles. The van der Waals surface area contributed by atoms with Crippen LogP contribution in [0.2, 0.25) is 0 Å². The molecular weight excluding hydrogens is 793 g/mol. The van der Waals surface area contributed by atoms with Gasteiger partial charge in [0.05, 0.1) is 0 Å². The fourth-order valence-corrected chi connectivity index (χ4v) is 5.75. The van der Waals surface area contributed by atoms with Crippen molar-refractivity contribution in [3.8, 4) is 0 Å². The predicted molar refractivity (Wildman–Crippen MR) is 222 cm³/mol. The number of nitrogens with two attached hydrogens (primary N) is 2. The van der Waals surface area contributed by atoms with Crippen LogP contribution in [0.15, 0.2) is 48.6 Å². The molecule has 0 fully saturated rings. The minimum Gasteiger partial charge on any atom is -0.328 e. The first kappa shape index (κ1) is 53.1. The van der Waals surface area contributed by atoms with Gasteiger partial charge in [0.15, 0.2) is 11.6 Å². The highest BCUT2D eigenvalue weighted by Crippen LogP contribution is 2.15. The van der Waals surface area contributed by atoms with E-state index in [1.165, 1.54) is 29.2 Å². The Morgan fingerprint density at radius 3 is 1.00 bits per heavy atom. The molecule has 4 aliphatic heterocycles. The van der Waals surface area contributed by atoms with E-state index in [9.17, 15) is 57.5 Å². The van der Waals surface area contributed by atoms with Crippen molar-refractivity contribution in [2.75, 3.05) is 26.2 Å². The Balaban J connectivity index is 0.000000408. The van der Waals surface area contributed by atoms with Crippen LogP contribution in [0.1, 0.15) is 87.5 Å². The van der Waals surface area contributed by atoms with E-state index < -0.39 is 35.7 Å². The second-order valence-electron chi connectivity index (χ2n) is 15.5. The Hall–Kier alpha value is -5.88. The molecule has 61 heavy (non-hydrogen) atoms. The Morgan fingerprint density at radius 2 is 0.705 bits per heavy atom. The Bertz CT molecular complexity index is 1700. The lowest BCUT2D eigenvalue weighted by Gasteiger charge is -2.24. The summed E-state index contributed by atoms with van der Waals surface area (Å²) >= 11 is 0. The van der Waals surface area contributed by atoms with Crippen LogP contribution in [0.4, 0.5) is 0 Å². The number of imide groups is 4. The number of hydrogen-bond acceptors (Lipinski definition) is 14. The molecule has 0 bridgehead atoms. The molecule has 334 valence electrons. The summed E-state index contributed by atoms with van der Waals surface area (Å²) in [5.74, 6) is -3.47. The number of nitrogens with zero attached hydrogens (tertiary/aromatic N) is 4. The van der Waals surface area contributed by atoms with Gasteiger partial charge in [0, 0.05) is 111 Å². The molecular formula is C43H60N6O12. The number of carbonyl (C=O) groups is 12. The molecule has 0 saturated carbocycles. The van der Waals surface area contributed by atoms with Crippen molar-refractivity contribution in [3.05, 3.63) is 48.6 Å². The fraction of sp³-hybridized carbons (Fsp3) is 0.535. The highest BCUT2D eigenvalue weighted by atomic mass is 16.2. The van der Waals surface area contributed by atoms with Crippen LogP contribution in [0.25, 0.3) is 0 Å². The first-order valence-corrected chi connectivity index (χ1v) is 20.2. The zero-order chi connectivity index (χ0) is 46.7. The number of carbonyl (C=O) groups excluding carboxylic acids is 12. The van der Waals surface area contributed by atoms with E-state index in [0.29, 0.717) is 13.0 Å². The second kappa shape index (κ2) is 25.7. The molecule has 0 saturated heterocycles. The van der Waals surface area contributed by atoms with Gasteiger partial charge in [0.25, 0.3) is 47.3 Å². The van der Waals surface area contributed by atoms with Gasteiger partial charge in [-0.2, -0.15) is 0 Å². The van der Waals surface area contributed by atoms with Gasteiger partial charge in [-0.3, -0.25) is 77.1 Å². The summed E-state index contributed by atoms with van der Waals surface area (Å²) in [6.45, 7) is 14.8. The maximum absolute atomic E-state index is 11.7. The number of unbranched alkanes of at least 4 members (excludes halogenated alkanes) is 2. The van der Waals surface area contributed by atoms with Crippen LogP contribution in [-0.4, -0.2) is 128 Å². The predicted octanol–water partition coefficient (Wildman–Crippen LogP) is 1.15. The molecule has 0 aromatic carbocycles. The van der Waals surface area contributed by atoms with Crippen LogP contribution < -0.4 is 11.5 Å². The van der Waals surface area contributed by atoms with Crippen LogP contribution in [-0.2, 0) is 57.5 Å². The Morgan fingerprint density at radius 1 is 0.410 bits per heavy atom. The molecule has 4 heterocycles. The van der Waals surface area contributed by atoms with Crippen molar-refractivity contribution in [3.63, 3.8) is 0 Å². The SMILES string of the molecule is CC(C)C(=O)C(CN)N1C(=O)C=CC1=O.CC(C)C(=O)CCCCCN1C(=O)C=CC1=O.CC(C)C(=O)CCN1C(=O)C=CC1=O.CC(C)C(=O)[C@H](CN)N1C(=O)C=CC1=O. The maximum Gasteiger partial charge on any atom is 0.254 e. The van der Waals surface area contributed by atoms with E-state index in [1.54, 1.807) is 41.5 Å². The van der Waals surface area contributed by atoms with Gasteiger partial charge in [-0.05, 0) is 12.8 Å². The first-order valence-electron chi connectivity index (χ1n) is 20.2. The van der Waals surface area contributed by atoms with Gasteiger partial charge in [-0.15, -0.1) is 0 Å². The molecule has 4 rings (SSSR count). The largest absolute Gasteiger partial charge is 0.328 e. The van der Waals surface area contributed by atoms with E-state index in [4.69, 9.17) is 11.5 Å². The normalized spacial score (nSPS) is 16.6. The van der Waals surface area contributed by atoms with Gasteiger partial charge in [0.2, 0.25) is 0 Å². The summed E-state index contributed by atoms with van der Waals surface area (Å²) in [6.07, 6.45) is 13.0.